The highest BCUT2D eigenvalue weighted by Crippen LogP contribution is 2.26. The van der Waals surface area contributed by atoms with E-state index in [1.165, 1.54) is 18.2 Å². The molecule has 0 aliphatic rings. The van der Waals surface area contributed by atoms with E-state index in [2.05, 4.69) is 10.8 Å². The highest BCUT2D eigenvalue weighted by Gasteiger charge is 2.18. The van der Waals surface area contributed by atoms with Crippen LogP contribution in [0.4, 0.5) is 5.69 Å². The Balaban J connectivity index is 2.40. The summed E-state index contributed by atoms with van der Waals surface area (Å²) in [5.41, 5.74) is 0.341. The molecule has 0 saturated carbocycles. The van der Waals surface area contributed by atoms with Crippen LogP contribution in [0.1, 0.15) is 0 Å². The van der Waals surface area contributed by atoms with Crippen molar-refractivity contribution in [3.8, 4) is 0 Å². The van der Waals surface area contributed by atoms with Gasteiger partial charge in [-0.3, -0.25) is 4.72 Å². The third kappa shape index (κ3) is 2.96. The Morgan fingerprint density at radius 3 is 2.56 bits per heavy atom. The zero-order valence-corrected chi connectivity index (χ0v) is 11.4. The second-order valence-corrected chi connectivity index (χ2v) is 5.95. The topological polar surface area (TPSA) is 46.2 Å². The van der Waals surface area contributed by atoms with Crippen molar-refractivity contribution >= 4 is 38.9 Å². The maximum absolute atomic E-state index is 12.1. The van der Waals surface area contributed by atoms with Gasteiger partial charge in [-0.05, 0) is 24.3 Å². The summed E-state index contributed by atoms with van der Waals surface area (Å²) in [5.74, 6) is 0. The molecule has 0 amide bonds. The predicted octanol–water partition coefficient (Wildman–Crippen LogP) is 3.59. The van der Waals surface area contributed by atoms with Crippen LogP contribution in [0.25, 0.3) is 0 Å². The number of anilines is 1. The molecule has 1 N–H and O–H groups in total. The van der Waals surface area contributed by atoms with Crippen LogP contribution in [0.2, 0.25) is 10.0 Å². The molecule has 6 heteroatoms. The van der Waals surface area contributed by atoms with E-state index in [9.17, 15) is 8.42 Å². The summed E-state index contributed by atoms with van der Waals surface area (Å²) < 4.78 is 26.6. The standard InChI is InChI=1S/C12H8Cl2NO2S/c13-9-6-7-11(14)12(8-9)18(16,17)15-10-4-2-1-3-5-10/h1-4,6-8,15H. The first-order valence-corrected chi connectivity index (χ1v) is 7.17. The molecule has 0 bridgehead atoms. The van der Waals surface area contributed by atoms with Crippen LogP contribution in [0, 0.1) is 6.07 Å². The fourth-order valence-electron chi connectivity index (χ4n) is 1.34. The summed E-state index contributed by atoms with van der Waals surface area (Å²) in [6, 6.07) is 13.7. The Bertz CT molecular complexity index is 657. The van der Waals surface area contributed by atoms with Crippen molar-refractivity contribution in [1.82, 2.24) is 0 Å². The molecule has 18 heavy (non-hydrogen) atoms. The number of halogens is 2. The van der Waals surface area contributed by atoms with Crippen molar-refractivity contribution < 1.29 is 8.42 Å². The van der Waals surface area contributed by atoms with E-state index in [-0.39, 0.29) is 9.92 Å². The summed E-state index contributed by atoms with van der Waals surface area (Å²) in [6.45, 7) is 0. The van der Waals surface area contributed by atoms with Crippen LogP contribution < -0.4 is 4.72 Å². The number of nitrogens with one attached hydrogen (secondary N) is 1. The largest absolute Gasteiger partial charge is 0.279 e. The van der Waals surface area contributed by atoms with Gasteiger partial charge in [-0.1, -0.05) is 41.4 Å². The van der Waals surface area contributed by atoms with Crippen molar-refractivity contribution in [2.24, 2.45) is 0 Å². The number of benzene rings is 2. The van der Waals surface area contributed by atoms with Gasteiger partial charge in [0.15, 0.2) is 0 Å². The van der Waals surface area contributed by atoms with Gasteiger partial charge in [0.1, 0.15) is 4.90 Å². The van der Waals surface area contributed by atoms with E-state index in [0.717, 1.165) is 0 Å². The first-order valence-electron chi connectivity index (χ1n) is 4.93. The molecule has 0 aliphatic carbocycles. The van der Waals surface area contributed by atoms with Crippen LogP contribution in [0.15, 0.2) is 47.4 Å². The predicted molar refractivity (Wildman–Crippen MR) is 72.5 cm³/mol. The third-order valence-electron chi connectivity index (χ3n) is 2.14. The quantitative estimate of drug-likeness (QED) is 0.941. The highest BCUT2D eigenvalue weighted by molar-refractivity contribution is 7.92. The van der Waals surface area contributed by atoms with E-state index >= 15 is 0 Å². The molecule has 0 heterocycles. The maximum atomic E-state index is 12.1. The van der Waals surface area contributed by atoms with Crippen molar-refractivity contribution in [3.05, 3.63) is 58.6 Å². The molecule has 0 aromatic heterocycles. The van der Waals surface area contributed by atoms with Crippen LogP contribution in [-0.2, 0) is 10.0 Å². The smallest absolute Gasteiger partial charge is 0.263 e. The average molecular weight is 301 g/mol. The molecule has 0 unspecified atom stereocenters. The minimum atomic E-state index is -3.76. The molecule has 93 valence electrons. The number of para-hydroxylation sites is 1. The van der Waals surface area contributed by atoms with Crippen molar-refractivity contribution in [3.63, 3.8) is 0 Å². The highest BCUT2D eigenvalue weighted by atomic mass is 35.5. The Morgan fingerprint density at radius 1 is 1.11 bits per heavy atom. The van der Waals surface area contributed by atoms with Crippen LogP contribution in [-0.4, -0.2) is 8.42 Å². The summed E-state index contributed by atoms with van der Waals surface area (Å²) in [4.78, 5) is -0.0612. The summed E-state index contributed by atoms with van der Waals surface area (Å²) in [7, 11) is -3.76. The Labute approximate surface area is 115 Å². The zero-order chi connectivity index (χ0) is 13.2. The maximum Gasteiger partial charge on any atom is 0.263 e. The Hall–Kier alpha value is -1.23. The molecule has 0 atom stereocenters. The van der Waals surface area contributed by atoms with Crippen molar-refractivity contribution in [2.75, 3.05) is 4.72 Å². The van der Waals surface area contributed by atoms with Crippen molar-refractivity contribution in [2.45, 2.75) is 4.90 Å². The van der Waals surface area contributed by atoms with E-state index < -0.39 is 10.0 Å². The molecule has 0 aliphatic heterocycles. The normalized spacial score (nSPS) is 11.2. The molecule has 3 nitrogen and oxygen atoms in total. The monoisotopic (exact) mass is 300 g/mol. The van der Waals surface area contributed by atoms with Gasteiger partial charge in [-0.2, -0.15) is 0 Å². The lowest BCUT2D eigenvalue weighted by Crippen LogP contribution is -2.13. The minimum Gasteiger partial charge on any atom is -0.279 e. The lowest BCUT2D eigenvalue weighted by atomic mass is 10.3. The van der Waals surface area contributed by atoms with Crippen LogP contribution >= 0.6 is 23.2 Å². The Morgan fingerprint density at radius 2 is 1.89 bits per heavy atom. The average Bonchev–Trinajstić information content (AvgIpc) is 2.33. The van der Waals surface area contributed by atoms with Gasteiger partial charge in [-0.25, -0.2) is 8.42 Å². The second-order valence-electron chi connectivity index (χ2n) is 3.46. The third-order valence-corrected chi connectivity index (χ3v) is 4.22. The van der Waals surface area contributed by atoms with Gasteiger partial charge >= 0.3 is 0 Å². The summed E-state index contributed by atoms with van der Waals surface area (Å²) >= 11 is 11.6. The minimum absolute atomic E-state index is 0.0612. The molecule has 2 rings (SSSR count). The van der Waals surface area contributed by atoms with Gasteiger partial charge in [0.2, 0.25) is 0 Å². The number of hydrogen-bond donors (Lipinski definition) is 1. The van der Waals surface area contributed by atoms with E-state index in [0.29, 0.717) is 10.7 Å². The van der Waals surface area contributed by atoms with Gasteiger partial charge in [0.05, 0.1) is 10.7 Å². The fraction of sp³-hybridized carbons (Fsp3) is 0. The van der Waals surface area contributed by atoms with E-state index in [1.807, 2.05) is 0 Å². The molecule has 1 radical (unpaired) electrons. The molecule has 0 spiro atoms. The Kier molecular flexibility index (Phi) is 3.80. The SMILES string of the molecule is O=S(=O)(Nc1[c]cccc1)c1cc(Cl)ccc1Cl. The van der Waals surface area contributed by atoms with Gasteiger partial charge in [0.25, 0.3) is 10.0 Å². The first-order chi connectivity index (χ1) is 8.49. The lowest BCUT2D eigenvalue weighted by Gasteiger charge is -2.09. The molecule has 0 fully saturated rings. The van der Waals surface area contributed by atoms with Crippen LogP contribution in [0.3, 0.4) is 0 Å². The van der Waals surface area contributed by atoms with Gasteiger partial charge in [0, 0.05) is 11.1 Å². The van der Waals surface area contributed by atoms with E-state index in [1.54, 1.807) is 24.3 Å². The van der Waals surface area contributed by atoms with Gasteiger partial charge in [-0.15, -0.1) is 0 Å². The fourth-order valence-corrected chi connectivity index (χ4v) is 3.13. The molecule has 0 saturated heterocycles. The number of hydrogen-bond acceptors (Lipinski definition) is 2. The summed E-state index contributed by atoms with van der Waals surface area (Å²) in [5, 5.41) is 0.416. The molecular formula is C12H8Cl2NO2S. The number of rotatable bonds is 3. The molecular weight excluding hydrogens is 293 g/mol. The zero-order valence-electron chi connectivity index (χ0n) is 9.02. The molecule has 2 aromatic carbocycles. The van der Waals surface area contributed by atoms with E-state index in [4.69, 9.17) is 23.2 Å². The van der Waals surface area contributed by atoms with Gasteiger partial charge < -0.3 is 0 Å². The van der Waals surface area contributed by atoms with Crippen LogP contribution in [0.5, 0.6) is 0 Å². The first kappa shape index (κ1) is 13.2. The summed E-state index contributed by atoms with van der Waals surface area (Å²) in [6.07, 6.45) is 0. The van der Waals surface area contributed by atoms with Crippen molar-refractivity contribution in [1.29, 1.82) is 0 Å². The lowest BCUT2D eigenvalue weighted by molar-refractivity contribution is 0.601. The second kappa shape index (κ2) is 5.18. The number of sulfonamides is 1. The molecule has 2 aromatic rings.